The summed E-state index contributed by atoms with van der Waals surface area (Å²) in [4.78, 5) is 13.0. The summed E-state index contributed by atoms with van der Waals surface area (Å²) in [5, 5.41) is 5.62. The Morgan fingerprint density at radius 3 is 2.95 bits per heavy atom. The third-order valence-electron chi connectivity index (χ3n) is 2.45. The molecule has 1 aromatic heterocycles. The first-order valence-electron chi connectivity index (χ1n) is 5.46. The van der Waals surface area contributed by atoms with Crippen molar-refractivity contribution in [1.82, 2.24) is 9.59 Å². The minimum Gasteiger partial charge on any atom is -0.496 e. The first kappa shape index (κ1) is 13.8. The molecule has 0 bridgehead atoms. The van der Waals surface area contributed by atoms with Crippen LogP contribution in [0, 0.1) is 0 Å². The fraction of sp³-hybridized carbons (Fsp3) is 0.154. The van der Waals surface area contributed by atoms with Crippen LogP contribution in [0.4, 0.5) is 0 Å². The van der Waals surface area contributed by atoms with E-state index >= 15 is 0 Å². The summed E-state index contributed by atoms with van der Waals surface area (Å²) >= 11 is 2.83. The lowest BCUT2D eigenvalue weighted by atomic mass is 10.1. The fourth-order valence-electron chi connectivity index (χ4n) is 1.49. The van der Waals surface area contributed by atoms with E-state index < -0.39 is 0 Å². The molecule has 0 aliphatic carbocycles. The molecule has 6 heteroatoms. The Labute approximate surface area is 119 Å². The Morgan fingerprint density at radius 2 is 2.32 bits per heavy atom. The van der Waals surface area contributed by atoms with Gasteiger partial charge in [-0.1, -0.05) is 4.49 Å². The average Bonchev–Trinajstić information content (AvgIpc) is 2.97. The maximum Gasteiger partial charge on any atom is 0.186 e. The van der Waals surface area contributed by atoms with Gasteiger partial charge in [0.15, 0.2) is 5.78 Å². The summed E-state index contributed by atoms with van der Waals surface area (Å²) in [6.07, 6.45) is 5.11. The first-order chi connectivity index (χ1) is 9.24. The summed E-state index contributed by atoms with van der Waals surface area (Å²) in [5.74, 6) is 0.626. The number of ether oxygens (including phenoxy) is 1. The molecular weight excluding hydrogens is 280 g/mol. The monoisotopic (exact) mass is 292 g/mol. The van der Waals surface area contributed by atoms with Crippen molar-refractivity contribution in [2.75, 3.05) is 13.4 Å². The SMILES string of the molecule is COc1cc(C(=O)C=Cc2csnn2)ccc1SC. The van der Waals surface area contributed by atoms with Crippen molar-refractivity contribution < 1.29 is 9.53 Å². The van der Waals surface area contributed by atoms with Gasteiger partial charge in [0.2, 0.25) is 0 Å². The van der Waals surface area contributed by atoms with Gasteiger partial charge in [0, 0.05) is 15.8 Å². The molecule has 98 valence electrons. The second-order valence-corrected chi connectivity index (χ2v) is 5.06. The van der Waals surface area contributed by atoms with Gasteiger partial charge >= 0.3 is 0 Å². The molecule has 1 heterocycles. The van der Waals surface area contributed by atoms with E-state index in [4.69, 9.17) is 4.74 Å². The lowest BCUT2D eigenvalue weighted by Crippen LogP contribution is -1.96. The summed E-state index contributed by atoms with van der Waals surface area (Å²) < 4.78 is 8.99. The highest BCUT2D eigenvalue weighted by Crippen LogP contribution is 2.28. The molecule has 0 amide bonds. The molecule has 0 aliphatic rings. The molecule has 0 radical (unpaired) electrons. The number of aromatic nitrogens is 2. The number of hydrogen-bond donors (Lipinski definition) is 0. The number of thioether (sulfide) groups is 1. The molecule has 0 unspecified atom stereocenters. The predicted molar refractivity (Wildman–Crippen MR) is 78.0 cm³/mol. The minimum atomic E-state index is -0.0843. The lowest BCUT2D eigenvalue weighted by Gasteiger charge is -2.07. The Bertz CT molecular complexity index is 595. The molecule has 2 rings (SSSR count). The van der Waals surface area contributed by atoms with Crippen molar-refractivity contribution in [1.29, 1.82) is 0 Å². The second-order valence-electron chi connectivity index (χ2n) is 3.60. The van der Waals surface area contributed by atoms with Gasteiger partial charge in [-0.05, 0) is 48.1 Å². The Balaban J connectivity index is 2.19. The molecule has 0 aliphatic heterocycles. The molecule has 0 spiro atoms. The zero-order valence-electron chi connectivity index (χ0n) is 10.5. The first-order valence-corrected chi connectivity index (χ1v) is 7.52. The third-order valence-corrected chi connectivity index (χ3v) is 3.75. The molecule has 4 nitrogen and oxygen atoms in total. The van der Waals surface area contributed by atoms with Crippen LogP contribution >= 0.6 is 23.3 Å². The van der Waals surface area contributed by atoms with E-state index in [-0.39, 0.29) is 5.78 Å². The van der Waals surface area contributed by atoms with Gasteiger partial charge in [-0.25, -0.2) is 0 Å². The van der Waals surface area contributed by atoms with E-state index in [2.05, 4.69) is 9.59 Å². The van der Waals surface area contributed by atoms with E-state index in [1.54, 1.807) is 42.5 Å². The number of hydrogen-bond acceptors (Lipinski definition) is 6. The van der Waals surface area contributed by atoms with Crippen LogP contribution in [0.2, 0.25) is 0 Å². The number of nitrogens with zero attached hydrogens (tertiary/aromatic N) is 2. The highest BCUT2D eigenvalue weighted by molar-refractivity contribution is 7.98. The Morgan fingerprint density at radius 1 is 1.47 bits per heavy atom. The molecule has 0 N–H and O–H groups in total. The molecule has 0 atom stereocenters. The van der Waals surface area contributed by atoms with Crippen molar-refractivity contribution in [2.45, 2.75) is 4.90 Å². The van der Waals surface area contributed by atoms with Crippen LogP contribution in [0.15, 0.2) is 34.6 Å². The lowest BCUT2D eigenvalue weighted by molar-refractivity contribution is 0.104. The number of ketones is 1. The molecule has 0 fully saturated rings. The highest BCUT2D eigenvalue weighted by Gasteiger charge is 2.07. The Hall–Kier alpha value is -1.66. The number of rotatable bonds is 5. The van der Waals surface area contributed by atoms with Gasteiger partial charge < -0.3 is 4.74 Å². The van der Waals surface area contributed by atoms with Gasteiger partial charge in [0.25, 0.3) is 0 Å². The van der Waals surface area contributed by atoms with Crippen LogP contribution in [-0.2, 0) is 0 Å². The summed E-state index contributed by atoms with van der Waals surface area (Å²) in [7, 11) is 1.60. The fourth-order valence-corrected chi connectivity index (χ4v) is 2.46. The second kappa shape index (κ2) is 6.49. The van der Waals surface area contributed by atoms with Crippen LogP contribution in [0.25, 0.3) is 6.08 Å². The minimum absolute atomic E-state index is 0.0843. The standard InChI is InChI=1S/C13H12N2O2S2/c1-17-12-7-9(3-6-13(12)18-2)11(16)5-4-10-8-19-15-14-10/h3-8H,1-2H3. The van der Waals surface area contributed by atoms with Crippen molar-refractivity contribution in [3.8, 4) is 5.75 Å². The van der Waals surface area contributed by atoms with Crippen LogP contribution in [-0.4, -0.2) is 28.7 Å². The van der Waals surface area contributed by atoms with Gasteiger partial charge in [0.05, 0.1) is 12.8 Å². The van der Waals surface area contributed by atoms with Gasteiger partial charge in [-0.15, -0.1) is 16.9 Å². The van der Waals surface area contributed by atoms with Crippen molar-refractivity contribution >= 4 is 35.2 Å². The normalized spacial score (nSPS) is 10.8. The van der Waals surface area contributed by atoms with Crippen molar-refractivity contribution in [2.24, 2.45) is 0 Å². The maximum absolute atomic E-state index is 12.0. The highest BCUT2D eigenvalue weighted by atomic mass is 32.2. The van der Waals surface area contributed by atoms with E-state index in [0.29, 0.717) is 17.0 Å². The van der Waals surface area contributed by atoms with E-state index in [1.165, 1.54) is 17.6 Å². The van der Waals surface area contributed by atoms with Crippen LogP contribution < -0.4 is 4.74 Å². The van der Waals surface area contributed by atoms with E-state index in [0.717, 1.165) is 4.90 Å². The summed E-state index contributed by atoms with van der Waals surface area (Å²) in [5.41, 5.74) is 1.28. The zero-order chi connectivity index (χ0) is 13.7. The van der Waals surface area contributed by atoms with Crippen LogP contribution in [0.1, 0.15) is 16.1 Å². The number of allylic oxidation sites excluding steroid dienone is 1. The molecule has 0 saturated heterocycles. The average molecular weight is 292 g/mol. The molecule has 2 aromatic rings. The van der Waals surface area contributed by atoms with Gasteiger partial charge in [0.1, 0.15) is 5.75 Å². The zero-order valence-corrected chi connectivity index (χ0v) is 12.1. The number of carbonyl (C=O) groups excluding carboxylic acids is 1. The quantitative estimate of drug-likeness (QED) is 0.481. The molecular formula is C13H12N2O2S2. The predicted octanol–water partition coefficient (Wildman–Crippen LogP) is 3.16. The number of benzene rings is 1. The number of carbonyl (C=O) groups is 1. The number of methoxy groups -OCH3 is 1. The molecule has 0 saturated carbocycles. The largest absolute Gasteiger partial charge is 0.496 e. The van der Waals surface area contributed by atoms with E-state index in [1.807, 2.05) is 12.3 Å². The summed E-state index contributed by atoms with van der Waals surface area (Å²) in [6, 6.07) is 5.42. The summed E-state index contributed by atoms with van der Waals surface area (Å²) in [6.45, 7) is 0. The van der Waals surface area contributed by atoms with Crippen molar-refractivity contribution in [3.05, 3.63) is 40.9 Å². The topological polar surface area (TPSA) is 52.1 Å². The van der Waals surface area contributed by atoms with Gasteiger partial charge in [-0.3, -0.25) is 4.79 Å². The maximum atomic E-state index is 12.0. The molecule has 1 aromatic carbocycles. The smallest absolute Gasteiger partial charge is 0.186 e. The van der Waals surface area contributed by atoms with Crippen molar-refractivity contribution in [3.63, 3.8) is 0 Å². The van der Waals surface area contributed by atoms with E-state index in [9.17, 15) is 4.79 Å². The van der Waals surface area contributed by atoms with Crippen LogP contribution in [0.3, 0.4) is 0 Å². The Kier molecular flexibility index (Phi) is 4.70. The van der Waals surface area contributed by atoms with Crippen LogP contribution in [0.5, 0.6) is 5.75 Å². The molecule has 19 heavy (non-hydrogen) atoms. The third kappa shape index (κ3) is 3.42. The van der Waals surface area contributed by atoms with Gasteiger partial charge in [-0.2, -0.15) is 0 Å².